The molecule has 3 aromatic heterocycles. The fourth-order valence-electron chi connectivity index (χ4n) is 1.86. The average Bonchev–Trinajstić information content (AvgIpc) is 2.93. The summed E-state index contributed by atoms with van der Waals surface area (Å²) in [4.78, 5) is 15.4. The van der Waals surface area contributed by atoms with E-state index in [1.807, 2.05) is 41.1 Å². The third-order valence-corrected chi connectivity index (χ3v) is 3.66. The lowest BCUT2D eigenvalue weighted by molar-refractivity contribution is 0.111. The van der Waals surface area contributed by atoms with Gasteiger partial charge in [-0.05, 0) is 25.1 Å². The minimum atomic E-state index is 0.655. The predicted octanol–water partition coefficient (Wildman–Crippen LogP) is 3.18. The number of aromatic nitrogens is 2. The molecule has 3 rings (SSSR count). The third kappa shape index (κ3) is 1.66. The molecule has 0 saturated carbocycles. The molecule has 0 fully saturated rings. The van der Waals surface area contributed by atoms with Crippen molar-refractivity contribution in [3.8, 4) is 10.6 Å². The van der Waals surface area contributed by atoms with Gasteiger partial charge in [-0.25, -0.2) is 4.98 Å². The van der Waals surface area contributed by atoms with Crippen molar-refractivity contribution in [3.63, 3.8) is 0 Å². The Morgan fingerprint density at radius 3 is 3.00 bits per heavy atom. The van der Waals surface area contributed by atoms with Gasteiger partial charge in [0.1, 0.15) is 5.01 Å². The number of pyridine rings is 1. The molecule has 0 amide bonds. The molecule has 0 N–H and O–H groups in total. The summed E-state index contributed by atoms with van der Waals surface area (Å²) in [6.45, 7) is 1.98. The number of rotatable bonds is 2. The van der Waals surface area contributed by atoms with Crippen LogP contribution in [0, 0.1) is 6.92 Å². The summed E-state index contributed by atoms with van der Waals surface area (Å²) in [6.07, 6.45) is 2.82. The Hall–Kier alpha value is -1.94. The first kappa shape index (κ1) is 10.2. The van der Waals surface area contributed by atoms with Crippen LogP contribution in [0.25, 0.3) is 16.1 Å². The molecule has 0 unspecified atom stereocenters. The van der Waals surface area contributed by atoms with Crippen LogP contribution in [0.3, 0.4) is 0 Å². The number of carbonyl (C=O) groups excluding carboxylic acids is 1. The fourth-order valence-corrected chi connectivity index (χ4v) is 2.64. The second kappa shape index (κ2) is 3.82. The molecule has 0 bridgehead atoms. The molecule has 0 aliphatic heterocycles. The van der Waals surface area contributed by atoms with E-state index in [1.165, 1.54) is 0 Å². The molecule has 0 radical (unpaired) electrons. The van der Waals surface area contributed by atoms with Crippen molar-refractivity contribution < 1.29 is 4.79 Å². The van der Waals surface area contributed by atoms with E-state index in [1.54, 1.807) is 17.4 Å². The molecule has 17 heavy (non-hydrogen) atoms. The molecule has 0 spiro atoms. The Balaban J connectivity index is 2.23. The first-order chi connectivity index (χ1) is 8.28. The summed E-state index contributed by atoms with van der Waals surface area (Å²) in [6, 6.07) is 7.72. The minimum absolute atomic E-state index is 0.655. The largest absolute Gasteiger partial charge is 0.313 e. The molecular formula is C13H10N2OS. The zero-order valence-corrected chi connectivity index (χ0v) is 10.1. The zero-order valence-electron chi connectivity index (χ0n) is 9.25. The highest BCUT2D eigenvalue weighted by Gasteiger charge is 2.07. The quantitative estimate of drug-likeness (QED) is 0.647. The van der Waals surface area contributed by atoms with Crippen molar-refractivity contribution in [1.82, 2.24) is 9.38 Å². The summed E-state index contributed by atoms with van der Waals surface area (Å²) in [5, 5.41) is 3.02. The van der Waals surface area contributed by atoms with Gasteiger partial charge in [-0.15, -0.1) is 11.3 Å². The lowest BCUT2D eigenvalue weighted by Crippen LogP contribution is -1.91. The van der Waals surface area contributed by atoms with Crippen molar-refractivity contribution >= 4 is 23.1 Å². The van der Waals surface area contributed by atoms with Gasteiger partial charge in [0.15, 0.2) is 6.29 Å². The topological polar surface area (TPSA) is 34.4 Å². The van der Waals surface area contributed by atoms with Crippen LogP contribution in [0.2, 0.25) is 0 Å². The number of aryl methyl sites for hydroxylation is 1. The van der Waals surface area contributed by atoms with Crippen LogP contribution >= 0.6 is 11.3 Å². The van der Waals surface area contributed by atoms with Crippen molar-refractivity contribution in [3.05, 3.63) is 47.2 Å². The first-order valence-electron chi connectivity index (χ1n) is 5.27. The molecule has 0 aliphatic rings. The molecule has 3 nitrogen and oxygen atoms in total. The second-order valence-corrected chi connectivity index (χ2v) is 4.74. The Kier molecular flexibility index (Phi) is 2.30. The summed E-state index contributed by atoms with van der Waals surface area (Å²) < 4.78 is 1.89. The molecule has 3 heterocycles. The zero-order chi connectivity index (χ0) is 11.8. The van der Waals surface area contributed by atoms with Gasteiger partial charge in [0, 0.05) is 28.4 Å². The summed E-state index contributed by atoms with van der Waals surface area (Å²) in [7, 11) is 0. The number of fused-ring (bicyclic) bond motifs is 1. The van der Waals surface area contributed by atoms with E-state index < -0.39 is 0 Å². The standard InChI is InChI=1S/C13H10N2OS/c1-9-8-17-13(14-9)10-5-11-3-2-4-12(7-16)15(11)6-10/h2-8H,1H3. The van der Waals surface area contributed by atoms with Gasteiger partial charge in [0.05, 0.1) is 5.69 Å². The van der Waals surface area contributed by atoms with Crippen LogP contribution in [0.5, 0.6) is 0 Å². The van der Waals surface area contributed by atoms with Crippen LogP contribution in [0.15, 0.2) is 35.8 Å². The van der Waals surface area contributed by atoms with Gasteiger partial charge in [0.25, 0.3) is 0 Å². The molecule has 0 atom stereocenters. The molecule has 0 aliphatic carbocycles. The van der Waals surface area contributed by atoms with E-state index in [0.29, 0.717) is 5.69 Å². The summed E-state index contributed by atoms with van der Waals surface area (Å²) >= 11 is 1.62. The monoisotopic (exact) mass is 242 g/mol. The van der Waals surface area contributed by atoms with E-state index in [0.717, 1.165) is 28.1 Å². The third-order valence-electron chi connectivity index (χ3n) is 2.65. The number of hydrogen-bond acceptors (Lipinski definition) is 3. The average molecular weight is 242 g/mol. The van der Waals surface area contributed by atoms with Crippen molar-refractivity contribution in [1.29, 1.82) is 0 Å². The Morgan fingerprint density at radius 2 is 2.29 bits per heavy atom. The van der Waals surface area contributed by atoms with Crippen molar-refractivity contribution in [2.45, 2.75) is 6.92 Å². The van der Waals surface area contributed by atoms with Crippen molar-refractivity contribution in [2.75, 3.05) is 0 Å². The van der Waals surface area contributed by atoms with Crippen LogP contribution in [0.4, 0.5) is 0 Å². The maximum Gasteiger partial charge on any atom is 0.166 e. The highest BCUT2D eigenvalue weighted by molar-refractivity contribution is 7.13. The number of hydrogen-bond donors (Lipinski definition) is 0. The number of aldehydes is 1. The minimum Gasteiger partial charge on any atom is -0.313 e. The maximum atomic E-state index is 10.9. The number of thiazole rings is 1. The number of carbonyl (C=O) groups is 1. The molecule has 0 aromatic carbocycles. The molecule has 84 valence electrons. The molecule has 3 aromatic rings. The van der Waals surface area contributed by atoms with E-state index in [2.05, 4.69) is 4.98 Å². The first-order valence-corrected chi connectivity index (χ1v) is 6.15. The lowest BCUT2D eigenvalue weighted by Gasteiger charge is -1.96. The SMILES string of the molecule is Cc1csc(-c2cc3cccc(C=O)n3c2)n1. The molecule has 0 saturated heterocycles. The van der Waals surface area contributed by atoms with E-state index in [9.17, 15) is 4.79 Å². The molecular weight excluding hydrogens is 232 g/mol. The normalized spacial score (nSPS) is 10.9. The highest BCUT2D eigenvalue weighted by Crippen LogP contribution is 2.26. The van der Waals surface area contributed by atoms with Crippen LogP contribution in [-0.4, -0.2) is 15.7 Å². The second-order valence-electron chi connectivity index (χ2n) is 3.89. The van der Waals surface area contributed by atoms with E-state index >= 15 is 0 Å². The van der Waals surface area contributed by atoms with E-state index in [-0.39, 0.29) is 0 Å². The van der Waals surface area contributed by atoms with Gasteiger partial charge >= 0.3 is 0 Å². The predicted molar refractivity (Wildman–Crippen MR) is 68.6 cm³/mol. The fraction of sp³-hybridized carbons (Fsp3) is 0.0769. The van der Waals surface area contributed by atoms with Crippen LogP contribution in [-0.2, 0) is 0 Å². The Labute approximate surface area is 102 Å². The van der Waals surface area contributed by atoms with Gasteiger partial charge in [-0.3, -0.25) is 4.79 Å². The molecule has 4 heteroatoms. The van der Waals surface area contributed by atoms with Crippen LogP contribution in [0.1, 0.15) is 16.2 Å². The number of nitrogens with zero attached hydrogens (tertiary/aromatic N) is 2. The summed E-state index contributed by atoms with van der Waals surface area (Å²) in [5.74, 6) is 0. The highest BCUT2D eigenvalue weighted by atomic mass is 32.1. The van der Waals surface area contributed by atoms with Crippen molar-refractivity contribution in [2.24, 2.45) is 0 Å². The van der Waals surface area contributed by atoms with Gasteiger partial charge < -0.3 is 4.40 Å². The smallest absolute Gasteiger partial charge is 0.166 e. The van der Waals surface area contributed by atoms with Crippen LogP contribution < -0.4 is 0 Å². The van der Waals surface area contributed by atoms with Gasteiger partial charge in [-0.2, -0.15) is 0 Å². The van der Waals surface area contributed by atoms with Gasteiger partial charge in [-0.1, -0.05) is 6.07 Å². The van der Waals surface area contributed by atoms with Gasteiger partial charge in [0.2, 0.25) is 0 Å². The summed E-state index contributed by atoms with van der Waals surface area (Å²) in [5.41, 5.74) is 3.74. The maximum absolute atomic E-state index is 10.9. The Bertz CT molecular complexity index is 696. The lowest BCUT2D eigenvalue weighted by atomic mass is 10.3. The Morgan fingerprint density at radius 1 is 1.41 bits per heavy atom. The van der Waals surface area contributed by atoms with E-state index in [4.69, 9.17) is 0 Å².